The minimum Gasteiger partial charge on any atom is -0.370 e. The first-order chi connectivity index (χ1) is 30.3. The summed E-state index contributed by atoms with van der Waals surface area (Å²) in [5.74, 6) is -4.96. The highest BCUT2D eigenvalue weighted by molar-refractivity contribution is 5.98. The number of fused-ring (bicyclic) bond motifs is 1. The molecule has 0 bridgehead atoms. The van der Waals surface area contributed by atoms with E-state index < -0.39 is 77.7 Å². The van der Waals surface area contributed by atoms with Crippen molar-refractivity contribution < 1.29 is 33.6 Å². The first kappa shape index (κ1) is 48.4. The third kappa shape index (κ3) is 15.6. The van der Waals surface area contributed by atoms with Gasteiger partial charge in [0.25, 0.3) is 0 Å². The van der Waals surface area contributed by atoms with E-state index in [1.54, 1.807) is 36.5 Å². The first-order valence-electron chi connectivity index (χ1n) is 20.4. The number of aliphatic imine (C=N–C) groups is 3. The number of hydrogen-bond acceptors (Lipinski definition) is 12. The van der Waals surface area contributed by atoms with Gasteiger partial charge in [-0.2, -0.15) is 0 Å². The maximum absolute atomic E-state index is 14.3. The number of unbranched alkanes of at least 4 members (excludes halogenated alkanes) is 1. The maximum atomic E-state index is 14.3. The van der Waals surface area contributed by atoms with Gasteiger partial charge in [0.05, 0.1) is 18.6 Å². The second kappa shape index (κ2) is 24.9. The number of amides is 6. The number of carbonyl (C=O) groups excluding carboxylic acids is 7. The van der Waals surface area contributed by atoms with Crippen molar-refractivity contribution in [2.45, 2.75) is 87.2 Å². The lowest BCUT2D eigenvalue weighted by Crippen LogP contribution is -2.60. The summed E-state index contributed by atoms with van der Waals surface area (Å²) in [6, 6.07) is 7.75. The predicted octanol–water partition coefficient (Wildman–Crippen LogP) is -2.39. The molecule has 0 spiro atoms. The molecule has 7 atom stereocenters. The molecule has 0 saturated heterocycles. The van der Waals surface area contributed by atoms with Gasteiger partial charge in [-0.05, 0) is 43.0 Å². The summed E-state index contributed by atoms with van der Waals surface area (Å²) in [4.78, 5) is 108. The van der Waals surface area contributed by atoms with Crippen molar-refractivity contribution in [3.05, 3.63) is 84.1 Å². The number of carbonyl (C=O) groups is 7. The highest BCUT2D eigenvalue weighted by atomic mass is 16.2. The highest BCUT2D eigenvalue weighted by Crippen LogP contribution is 2.20. The fraction of sp³-hybridized carbons (Fsp3) is 0.381. The van der Waals surface area contributed by atoms with Crippen LogP contribution in [0.5, 0.6) is 0 Å². The molecular formula is C42H56N14O7. The average molecular weight is 869 g/mol. The van der Waals surface area contributed by atoms with Gasteiger partial charge in [-0.3, -0.25) is 33.8 Å². The van der Waals surface area contributed by atoms with Crippen LogP contribution < -0.4 is 55.3 Å². The van der Waals surface area contributed by atoms with E-state index in [1.165, 1.54) is 24.7 Å². The Kier molecular flexibility index (Phi) is 19.1. The summed E-state index contributed by atoms with van der Waals surface area (Å²) < 4.78 is 0. The molecule has 1 aliphatic heterocycles. The molecule has 1 unspecified atom stereocenters. The minimum atomic E-state index is -1.49. The maximum Gasteiger partial charge on any atom is 0.247 e. The van der Waals surface area contributed by atoms with Gasteiger partial charge < -0.3 is 65.0 Å². The third-order valence-electron chi connectivity index (χ3n) is 9.92. The molecule has 0 saturated carbocycles. The lowest BCUT2D eigenvalue weighted by atomic mass is 10.0. The molecule has 21 heteroatoms. The summed E-state index contributed by atoms with van der Waals surface area (Å²) in [5, 5.41) is 14.1. The number of nitrogens with two attached hydrogens (primary N) is 5. The molecule has 3 aromatic rings. The van der Waals surface area contributed by atoms with Crippen LogP contribution in [0.2, 0.25) is 0 Å². The van der Waals surface area contributed by atoms with Crippen LogP contribution >= 0.6 is 0 Å². The number of guanidine groups is 1. The number of H-pyrrole nitrogens is 1. The summed E-state index contributed by atoms with van der Waals surface area (Å²) in [6.45, 7) is 0.284. The van der Waals surface area contributed by atoms with E-state index in [4.69, 9.17) is 28.7 Å². The molecule has 6 amide bonds. The Morgan fingerprint density at radius 1 is 0.778 bits per heavy atom. The van der Waals surface area contributed by atoms with Crippen LogP contribution in [-0.2, 0) is 46.4 Å². The molecule has 21 nitrogen and oxygen atoms in total. The van der Waals surface area contributed by atoms with Gasteiger partial charge in [0.2, 0.25) is 35.4 Å². The minimum absolute atomic E-state index is 0.0414. The quantitative estimate of drug-likeness (QED) is 0.0133. The standard InChI is InChI=1S/C42H56N14O7/c43-16-7-6-13-31(36(45)58)52-40(62)34(20-26-22-50-30-12-5-4-11-28(26)30)56-38(60)32(14-8-17-49-42(46)47)53-39(61)33(19-25-9-2-1-3-10-25)55-41(63)35(21-27-23-48-24-51-27)54-37(59)29(44)15-18-57/h1-5,8-12,14,18,22-24,27,29,31-35,50H,6-7,13,15-17,19-21,43-44H2,(H2,45,58)(H,52,62)(H,53,61)(H,54,59)(H,55,63)(H,56,60)(H4,46,47,49)/b14-8+/t27?,29-,31-,32-,33+,34-,35-/m0/s1. The summed E-state index contributed by atoms with van der Waals surface area (Å²) in [7, 11) is 0. The zero-order valence-electron chi connectivity index (χ0n) is 34.7. The molecule has 1 aromatic heterocycles. The van der Waals surface area contributed by atoms with E-state index in [1.807, 2.05) is 24.3 Å². The molecule has 1 aliphatic rings. The molecule has 63 heavy (non-hydrogen) atoms. The van der Waals surface area contributed by atoms with E-state index in [2.05, 4.69) is 46.5 Å². The second-order valence-electron chi connectivity index (χ2n) is 14.7. The number of aldehydes is 1. The van der Waals surface area contributed by atoms with Gasteiger partial charge in [0, 0.05) is 49.0 Å². The number of aromatic amines is 1. The average Bonchev–Trinajstić information content (AvgIpc) is 3.94. The largest absolute Gasteiger partial charge is 0.370 e. The Labute approximate surface area is 363 Å². The molecule has 0 aliphatic carbocycles. The summed E-state index contributed by atoms with van der Waals surface area (Å²) in [5.41, 5.74) is 30.2. The number of para-hydroxylation sites is 1. The van der Waals surface area contributed by atoms with E-state index in [9.17, 15) is 33.6 Å². The Morgan fingerprint density at radius 2 is 1.43 bits per heavy atom. The van der Waals surface area contributed by atoms with Crippen molar-refractivity contribution >= 4 is 71.1 Å². The number of nitrogens with zero attached hydrogens (tertiary/aromatic N) is 3. The zero-order chi connectivity index (χ0) is 45.7. The van der Waals surface area contributed by atoms with Gasteiger partial charge >= 0.3 is 0 Å². The monoisotopic (exact) mass is 868 g/mol. The number of benzene rings is 2. The van der Waals surface area contributed by atoms with Gasteiger partial charge in [0.1, 0.15) is 42.8 Å². The number of nitrogens with one attached hydrogen (secondary N) is 6. The molecule has 2 aromatic carbocycles. The van der Waals surface area contributed by atoms with E-state index in [0.29, 0.717) is 36.8 Å². The number of hydrogen-bond donors (Lipinski definition) is 11. The molecule has 0 radical (unpaired) electrons. The van der Waals surface area contributed by atoms with E-state index in [-0.39, 0.29) is 44.6 Å². The molecular weight excluding hydrogens is 813 g/mol. The smallest absolute Gasteiger partial charge is 0.247 e. The van der Waals surface area contributed by atoms with Crippen molar-refractivity contribution in [3.63, 3.8) is 0 Å². The topological polar surface area (TPSA) is 363 Å². The van der Waals surface area contributed by atoms with Crippen molar-refractivity contribution in [2.24, 2.45) is 43.6 Å². The second-order valence-corrected chi connectivity index (χ2v) is 14.7. The van der Waals surface area contributed by atoms with Gasteiger partial charge in [0.15, 0.2) is 5.96 Å². The zero-order valence-corrected chi connectivity index (χ0v) is 34.7. The van der Waals surface area contributed by atoms with Crippen molar-refractivity contribution in [1.82, 2.24) is 31.6 Å². The van der Waals surface area contributed by atoms with Crippen molar-refractivity contribution in [3.8, 4) is 0 Å². The van der Waals surface area contributed by atoms with Crippen molar-refractivity contribution in [1.29, 1.82) is 0 Å². The Balaban J connectivity index is 1.66. The molecule has 2 heterocycles. The van der Waals surface area contributed by atoms with E-state index in [0.717, 1.165) is 10.9 Å². The summed E-state index contributed by atoms with van der Waals surface area (Å²) >= 11 is 0. The van der Waals surface area contributed by atoms with Crippen LogP contribution in [0, 0.1) is 0 Å². The van der Waals surface area contributed by atoms with E-state index >= 15 is 0 Å². The van der Waals surface area contributed by atoms with Crippen LogP contribution in [0.4, 0.5) is 0 Å². The molecule has 16 N–H and O–H groups in total. The van der Waals surface area contributed by atoms with Crippen LogP contribution in [-0.4, -0.2) is 121 Å². The molecule has 336 valence electrons. The lowest BCUT2D eigenvalue weighted by molar-refractivity contribution is -0.134. The fourth-order valence-corrected chi connectivity index (χ4v) is 6.57. The Hall–Kier alpha value is -7.26. The van der Waals surface area contributed by atoms with Gasteiger partial charge in [-0.15, -0.1) is 0 Å². The van der Waals surface area contributed by atoms with Crippen LogP contribution in [0.1, 0.15) is 43.2 Å². The van der Waals surface area contributed by atoms with Gasteiger partial charge in [-0.1, -0.05) is 60.7 Å². The normalized spacial score (nSPS) is 15.9. The van der Waals surface area contributed by atoms with Crippen LogP contribution in [0.3, 0.4) is 0 Å². The lowest BCUT2D eigenvalue weighted by Gasteiger charge is -2.27. The van der Waals surface area contributed by atoms with Crippen LogP contribution in [0.25, 0.3) is 10.9 Å². The number of aromatic nitrogens is 1. The Bertz CT molecular complexity index is 2160. The Morgan fingerprint density at radius 3 is 2.11 bits per heavy atom. The molecule has 0 fully saturated rings. The number of primary amides is 1. The number of rotatable bonds is 26. The van der Waals surface area contributed by atoms with Crippen LogP contribution in [0.15, 0.2) is 87.9 Å². The summed E-state index contributed by atoms with van der Waals surface area (Å²) in [6.07, 6.45) is 8.52. The SMILES string of the molecule is NCCCC[C@H](NC(=O)[C@H](Cc1c[nH]c2ccccc12)NC(=O)[C@H](/C=C/CN=C(N)N)NC(=O)[C@@H](Cc1ccccc1)NC(=O)[C@H](CC1C=NC=N1)NC(=O)[C@@H](N)CC=O)C(N)=O. The third-order valence-corrected chi connectivity index (χ3v) is 9.92. The molecule has 4 rings (SSSR count). The highest BCUT2D eigenvalue weighted by Gasteiger charge is 2.33. The van der Waals surface area contributed by atoms with Crippen molar-refractivity contribution in [2.75, 3.05) is 13.1 Å². The fourth-order valence-electron chi connectivity index (χ4n) is 6.57. The predicted molar refractivity (Wildman–Crippen MR) is 238 cm³/mol. The first-order valence-corrected chi connectivity index (χ1v) is 20.4. The van der Waals surface area contributed by atoms with Gasteiger partial charge in [-0.25, -0.2) is 9.98 Å².